The lowest BCUT2D eigenvalue weighted by Gasteiger charge is -2.18. The van der Waals surface area contributed by atoms with Gasteiger partial charge in [-0.15, -0.1) is 12.4 Å². The van der Waals surface area contributed by atoms with Gasteiger partial charge in [0.15, 0.2) is 0 Å². The number of nitrogens with two attached hydrogens (primary N) is 1. The summed E-state index contributed by atoms with van der Waals surface area (Å²) in [5, 5.41) is 2.73. The zero-order valence-corrected chi connectivity index (χ0v) is 13.2. The minimum Gasteiger partial charge on any atom is -0.355 e. The van der Waals surface area contributed by atoms with E-state index in [4.69, 9.17) is 5.73 Å². The Bertz CT molecular complexity index is 498. The first-order chi connectivity index (χ1) is 9.13. The standard InChI is InChI=1S/C13H16BrN3O2.ClH/c14-10-3-1-2-4-11(10)17-8-9(7-12(17)18)13(19)16-6-5-15;/h1-4,9H,5-8,15H2,(H,16,19);1H. The molecule has 20 heavy (non-hydrogen) atoms. The molecule has 1 aromatic rings. The van der Waals surface area contributed by atoms with Crippen molar-refractivity contribution in [3.63, 3.8) is 0 Å². The van der Waals surface area contributed by atoms with E-state index in [0.717, 1.165) is 10.2 Å². The summed E-state index contributed by atoms with van der Waals surface area (Å²) < 4.78 is 0.853. The fourth-order valence-corrected chi connectivity index (χ4v) is 2.63. The van der Waals surface area contributed by atoms with E-state index in [2.05, 4.69) is 21.2 Å². The van der Waals surface area contributed by atoms with Crippen molar-refractivity contribution in [2.75, 3.05) is 24.5 Å². The number of benzene rings is 1. The smallest absolute Gasteiger partial charge is 0.227 e. The van der Waals surface area contributed by atoms with Crippen LogP contribution in [0.25, 0.3) is 0 Å². The SMILES string of the molecule is Cl.NCCNC(=O)C1CC(=O)N(c2ccccc2Br)C1. The third-order valence-corrected chi connectivity index (χ3v) is 3.75. The number of para-hydroxylation sites is 1. The normalized spacial score (nSPS) is 17.8. The van der Waals surface area contributed by atoms with E-state index in [1.165, 1.54) is 0 Å². The lowest BCUT2D eigenvalue weighted by Crippen LogP contribution is -2.35. The minimum absolute atomic E-state index is 0. The number of hydrogen-bond acceptors (Lipinski definition) is 3. The van der Waals surface area contributed by atoms with Gasteiger partial charge in [0.2, 0.25) is 11.8 Å². The van der Waals surface area contributed by atoms with Crippen LogP contribution >= 0.6 is 28.3 Å². The average molecular weight is 363 g/mol. The van der Waals surface area contributed by atoms with Gasteiger partial charge in [0.25, 0.3) is 0 Å². The Kier molecular flexibility index (Phi) is 6.45. The Morgan fingerprint density at radius 1 is 1.45 bits per heavy atom. The van der Waals surface area contributed by atoms with Crippen molar-refractivity contribution < 1.29 is 9.59 Å². The Labute approximate surface area is 132 Å². The third-order valence-electron chi connectivity index (χ3n) is 3.08. The van der Waals surface area contributed by atoms with Crippen molar-refractivity contribution in [3.8, 4) is 0 Å². The van der Waals surface area contributed by atoms with Gasteiger partial charge in [-0.2, -0.15) is 0 Å². The number of amides is 2. The fraction of sp³-hybridized carbons (Fsp3) is 0.385. The molecule has 0 aromatic heterocycles. The Hall–Kier alpha value is -1.11. The largest absolute Gasteiger partial charge is 0.355 e. The summed E-state index contributed by atoms with van der Waals surface area (Å²) >= 11 is 3.42. The zero-order valence-electron chi connectivity index (χ0n) is 10.8. The summed E-state index contributed by atoms with van der Waals surface area (Å²) in [6, 6.07) is 7.50. The van der Waals surface area contributed by atoms with Gasteiger partial charge in [0, 0.05) is 30.5 Å². The van der Waals surface area contributed by atoms with Crippen molar-refractivity contribution in [1.29, 1.82) is 0 Å². The van der Waals surface area contributed by atoms with Gasteiger partial charge in [0.05, 0.1) is 11.6 Å². The molecule has 2 rings (SSSR count). The molecule has 110 valence electrons. The number of nitrogens with zero attached hydrogens (tertiary/aromatic N) is 1. The Balaban J connectivity index is 0.00000200. The predicted octanol–water partition coefficient (Wildman–Crippen LogP) is 1.30. The molecule has 1 fully saturated rings. The first-order valence-corrected chi connectivity index (χ1v) is 6.95. The zero-order chi connectivity index (χ0) is 13.8. The maximum atomic E-state index is 12.0. The molecule has 0 radical (unpaired) electrons. The molecule has 1 aromatic carbocycles. The molecular formula is C13H17BrClN3O2. The number of nitrogens with one attached hydrogen (secondary N) is 1. The van der Waals surface area contributed by atoms with Gasteiger partial charge in [-0.3, -0.25) is 9.59 Å². The molecule has 0 saturated carbocycles. The van der Waals surface area contributed by atoms with Crippen LogP contribution in [0.5, 0.6) is 0 Å². The molecule has 1 saturated heterocycles. The molecule has 3 N–H and O–H groups in total. The van der Waals surface area contributed by atoms with E-state index in [-0.39, 0.29) is 36.6 Å². The molecule has 1 heterocycles. The second-order valence-corrected chi connectivity index (χ2v) is 5.29. The third kappa shape index (κ3) is 3.71. The second-order valence-electron chi connectivity index (χ2n) is 4.44. The maximum Gasteiger partial charge on any atom is 0.227 e. The molecule has 0 spiro atoms. The van der Waals surface area contributed by atoms with Gasteiger partial charge >= 0.3 is 0 Å². The fourth-order valence-electron chi connectivity index (χ4n) is 2.13. The minimum atomic E-state index is -0.300. The molecule has 1 unspecified atom stereocenters. The predicted molar refractivity (Wildman–Crippen MR) is 83.9 cm³/mol. The first-order valence-electron chi connectivity index (χ1n) is 6.16. The van der Waals surface area contributed by atoms with Crippen LogP contribution in [-0.4, -0.2) is 31.4 Å². The van der Waals surface area contributed by atoms with Crippen molar-refractivity contribution in [1.82, 2.24) is 5.32 Å². The highest BCUT2D eigenvalue weighted by Gasteiger charge is 2.35. The molecule has 0 bridgehead atoms. The van der Waals surface area contributed by atoms with Crippen molar-refractivity contribution in [3.05, 3.63) is 28.7 Å². The molecule has 0 aliphatic carbocycles. The molecule has 5 nitrogen and oxygen atoms in total. The van der Waals surface area contributed by atoms with E-state index >= 15 is 0 Å². The molecule has 1 aliphatic rings. The van der Waals surface area contributed by atoms with Crippen molar-refractivity contribution in [2.45, 2.75) is 6.42 Å². The van der Waals surface area contributed by atoms with E-state index < -0.39 is 0 Å². The van der Waals surface area contributed by atoms with Crippen LogP contribution in [-0.2, 0) is 9.59 Å². The average Bonchev–Trinajstić information content (AvgIpc) is 2.78. The topological polar surface area (TPSA) is 75.4 Å². The molecule has 7 heteroatoms. The highest BCUT2D eigenvalue weighted by atomic mass is 79.9. The van der Waals surface area contributed by atoms with Gasteiger partial charge in [-0.05, 0) is 28.1 Å². The number of carbonyl (C=O) groups excluding carboxylic acids is 2. The summed E-state index contributed by atoms with van der Waals surface area (Å²) in [5.74, 6) is -0.431. The lowest BCUT2D eigenvalue weighted by molar-refractivity contribution is -0.126. The quantitative estimate of drug-likeness (QED) is 0.848. The van der Waals surface area contributed by atoms with Crippen LogP contribution in [0, 0.1) is 5.92 Å². The van der Waals surface area contributed by atoms with E-state index in [1.807, 2.05) is 24.3 Å². The lowest BCUT2D eigenvalue weighted by atomic mass is 10.1. The van der Waals surface area contributed by atoms with Gasteiger partial charge in [-0.1, -0.05) is 12.1 Å². The summed E-state index contributed by atoms with van der Waals surface area (Å²) in [6.07, 6.45) is 0.248. The van der Waals surface area contributed by atoms with Crippen molar-refractivity contribution in [2.24, 2.45) is 11.7 Å². The molecule has 1 aliphatic heterocycles. The van der Waals surface area contributed by atoms with Crippen LogP contribution in [0.15, 0.2) is 28.7 Å². The Morgan fingerprint density at radius 2 is 2.15 bits per heavy atom. The first kappa shape index (κ1) is 16.9. The van der Waals surface area contributed by atoms with E-state index in [0.29, 0.717) is 19.6 Å². The highest BCUT2D eigenvalue weighted by molar-refractivity contribution is 9.10. The van der Waals surface area contributed by atoms with E-state index in [9.17, 15) is 9.59 Å². The van der Waals surface area contributed by atoms with Crippen LogP contribution < -0.4 is 16.0 Å². The van der Waals surface area contributed by atoms with Crippen LogP contribution in [0.1, 0.15) is 6.42 Å². The molecular weight excluding hydrogens is 346 g/mol. The number of anilines is 1. The second kappa shape index (κ2) is 7.61. The number of carbonyl (C=O) groups is 2. The maximum absolute atomic E-state index is 12.0. The summed E-state index contributed by atoms with van der Waals surface area (Å²) in [7, 11) is 0. The Morgan fingerprint density at radius 3 is 2.80 bits per heavy atom. The highest BCUT2D eigenvalue weighted by Crippen LogP contribution is 2.31. The summed E-state index contributed by atoms with van der Waals surface area (Å²) in [5.41, 5.74) is 6.15. The number of hydrogen-bond donors (Lipinski definition) is 2. The number of halogens is 2. The van der Waals surface area contributed by atoms with E-state index in [1.54, 1.807) is 4.90 Å². The van der Waals surface area contributed by atoms with Crippen LogP contribution in [0.4, 0.5) is 5.69 Å². The van der Waals surface area contributed by atoms with Crippen molar-refractivity contribution >= 4 is 45.8 Å². The van der Waals surface area contributed by atoms with Crippen LogP contribution in [0.3, 0.4) is 0 Å². The monoisotopic (exact) mass is 361 g/mol. The molecule has 1 atom stereocenters. The summed E-state index contributed by atoms with van der Waals surface area (Å²) in [6.45, 7) is 1.26. The van der Waals surface area contributed by atoms with Gasteiger partial charge in [0.1, 0.15) is 0 Å². The summed E-state index contributed by atoms with van der Waals surface area (Å²) in [4.78, 5) is 25.5. The van der Waals surface area contributed by atoms with Gasteiger partial charge in [-0.25, -0.2) is 0 Å². The van der Waals surface area contributed by atoms with Gasteiger partial charge < -0.3 is 16.0 Å². The molecule has 2 amide bonds. The number of rotatable bonds is 4. The van der Waals surface area contributed by atoms with Crippen LogP contribution in [0.2, 0.25) is 0 Å².